The van der Waals surface area contributed by atoms with Crippen molar-refractivity contribution in [2.75, 3.05) is 0 Å². The molecule has 0 saturated carbocycles. The number of hydrogen-bond acceptors (Lipinski definition) is 4. The summed E-state index contributed by atoms with van der Waals surface area (Å²) in [5.74, 6) is -0.0262. The van der Waals surface area contributed by atoms with Crippen LogP contribution in [0.5, 0.6) is 0 Å². The van der Waals surface area contributed by atoms with Crippen LogP contribution in [0.25, 0.3) is 23.0 Å². The SMILES string of the molecule is CCC(C)N1C(=O)/C(=C\c2cn(-c3ccccc3)nc2-c2ccc(C)cc2)SC1=S. The number of thiocarbonyl (C=S) groups is 1. The second-order valence-electron chi connectivity index (χ2n) is 7.39. The highest BCUT2D eigenvalue weighted by Gasteiger charge is 2.35. The fourth-order valence-corrected chi connectivity index (χ4v) is 4.78. The van der Waals surface area contributed by atoms with E-state index < -0.39 is 0 Å². The second kappa shape index (κ2) is 8.58. The molecule has 1 aliphatic heterocycles. The Morgan fingerprint density at radius 1 is 1.13 bits per heavy atom. The number of thioether (sulfide) groups is 1. The van der Waals surface area contributed by atoms with Gasteiger partial charge in [-0.3, -0.25) is 9.69 Å². The third-order valence-electron chi connectivity index (χ3n) is 5.23. The first-order valence-electron chi connectivity index (χ1n) is 9.97. The van der Waals surface area contributed by atoms with Crippen LogP contribution in [0.2, 0.25) is 0 Å². The Morgan fingerprint density at radius 2 is 1.83 bits per heavy atom. The van der Waals surface area contributed by atoms with Gasteiger partial charge >= 0.3 is 0 Å². The van der Waals surface area contributed by atoms with Gasteiger partial charge in [-0.25, -0.2) is 4.68 Å². The van der Waals surface area contributed by atoms with E-state index in [1.807, 2.05) is 54.2 Å². The summed E-state index contributed by atoms with van der Waals surface area (Å²) < 4.78 is 2.48. The molecule has 1 aliphatic rings. The Kier molecular flexibility index (Phi) is 5.88. The molecule has 2 heterocycles. The maximum absolute atomic E-state index is 13.0. The van der Waals surface area contributed by atoms with E-state index in [1.54, 1.807) is 4.90 Å². The number of aromatic nitrogens is 2. The van der Waals surface area contributed by atoms with Crippen LogP contribution in [0, 0.1) is 6.92 Å². The van der Waals surface area contributed by atoms with E-state index in [-0.39, 0.29) is 11.9 Å². The van der Waals surface area contributed by atoms with E-state index in [4.69, 9.17) is 17.3 Å². The molecule has 1 fully saturated rings. The number of nitrogens with zero attached hydrogens (tertiary/aromatic N) is 3. The van der Waals surface area contributed by atoms with Crippen LogP contribution in [0.1, 0.15) is 31.4 Å². The highest BCUT2D eigenvalue weighted by molar-refractivity contribution is 8.26. The third kappa shape index (κ3) is 3.98. The van der Waals surface area contributed by atoms with Crippen LogP contribution < -0.4 is 0 Å². The standard InChI is InChI=1S/C24H23N3OS2/c1-4-17(3)27-23(28)21(30-24(27)29)14-19-15-26(20-8-6-5-7-9-20)25-22(19)18-12-10-16(2)11-13-18/h5-15,17H,4H2,1-3H3/b21-14+. The van der Waals surface area contributed by atoms with Crippen molar-refractivity contribution in [3.63, 3.8) is 0 Å². The summed E-state index contributed by atoms with van der Waals surface area (Å²) in [6.45, 7) is 6.15. The number of para-hydroxylation sites is 1. The van der Waals surface area contributed by atoms with Gasteiger partial charge in [0.15, 0.2) is 0 Å². The topological polar surface area (TPSA) is 38.1 Å². The van der Waals surface area contributed by atoms with Gasteiger partial charge in [0.25, 0.3) is 5.91 Å². The summed E-state index contributed by atoms with van der Waals surface area (Å²) in [6.07, 6.45) is 4.75. The van der Waals surface area contributed by atoms with Gasteiger partial charge in [-0.1, -0.05) is 78.9 Å². The molecule has 152 valence electrons. The quantitative estimate of drug-likeness (QED) is 0.374. The Hall–Kier alpha value is -2.70. The minimum Gasteiger partial charge on any atom is -0.290 e. The number of aryl methyl sites for hydroxylation is 1. The fraction of sp³-hybridized carbons (Fsp3) is 0.208. The normalized spacial score (nSPS) is 16.5. The lowest BCUT2D eigenvalue weighted by Gasteiger charge is -2.21. The molecular weight excluding hydrogens is 410 g/mol. The van der Waals surface area contributed by atoms with E-state index in [0.717, 1.165) is 28.9 Å². The first-order valence-corrected chi connectivity index (χ1v) is 11.2. The average Bonchev–Trinajstić information content (AvgIpc) is 3.30. The van der Waals surface area contributed by atoms with Gasteiger partial charge in [0, 0.05) is 23.4 Å². The zero-order valence-electron chi connectivity index (χ0n) is 17.2. The summed E-state index contributed by atoms with van der Waals surface area (Å²) in [5.41, 5.74) is 4.91. The van der Waals surface area contributed by atoms with Crippen LogP contribution in [0.15, 0.2) is 65.7 Å². The average molecular weight is 434 g/mol. The number of carbonyl (C=O) groups is 1. The lowest BCUT2D eigenvalue weighted by atomic mass is 10.1. The zero-order chi connectivity index (χ0) is 21.3. The van der Waals surface area contributed by atoms with Crippen molar-refractivity contribution in [2.24, 2.45) is 0 Å². The van der Waals surface area contributed by atoms with Gasteiger partial charge in [-0.2, -0.15) is 5.10 Å². The van der Waals surface area contributed by atoms with E-state index in [9.17, 15) is 4.79 Å². The molecule has 1 aromatic heterocycles. The molecule has 1 atom stereocenters. The summed E-state index contributed by atoms with van der Waals surface area (Å²) >= 11 is 6.85. The van der Waals surface area contributed by atoms with E-state index in [1.165, 1.54) is 17.3 Å². The molecule has 0 aliphatic carbocycles. The minimum absolute atomic E-state index is 0.0262. The van der Waals surface area contributed by atoms with Crippen molar-refractivity contribution in [1.82, 2.24) is 14.7 Å². The monoisotopic (exact) mass is 433 g/mol. The number of rotatable bonds is 5. The van der Waals surface area contributed by atoms with Gasteiger partial charge in [0.05, 0.1) is 16.3 Å². The van der Waals surface area contributed by atoms with Crippen molar-refractivity contribution in [3.8, 4) is 16.9 Å². The summed E-state index contributed by atoms with van der Waals surface area (Å²) in [7, 11) is 0. The molecule has 2 aromatic carbocycles. The smallest absolute Gasteiger partial charge is 0.266 e. The lowest BCUT2D eigenvalue weighted by Crippen LogP contribution is -2.36. The maximum atomic E-state index is 13.0. The number of carbonyl (C=O) groups excluding carboxylic acids is 1. The summed E-state index contributed by atoms with van der Waals surface area (Å²) in [5, 5.41) is 4.84. The van der Waals surface area contributed by atoms with Crippen LogP contribution in [0.3, 0.4) is 0 Å². The molecule has 0 radical (unpaired) electrons. The van der Waals surface area contributed by atoms with Gasteiger partial charge in [0.1, 0.15) is 4.32 Å². The predicted octanol–water partition coefficient (Wildman–Crippen LogP) is 5.85. The molecule has 1 amide bonds. The number of benzene rings is 2. The van der Waals surface area contributed by atoms with Crippen LogP contribution in [-0.4, -0.2) is 30.9 Å². The molecule has 0 N–H and O–H groups in total. The zero-order valence-corrected chi connectivity index (χ0v) is 18.8. The number of amides is 1. The molecule has 4 nitrogen and oxygen atoms in total. The Morgan fingerprint density at radius 3 is 2.50 bits per heavy atom. The molecule has 0 bridgehead atoms. The molecular formula is C24H23N3OS2. The van der Waals surface area contributed by atoms with Crippen LogP contribution in [0.4, 0.5) is 0 Å². The number of hydrogen-bond donors (Lipinski definition) is 0. The molecule has 1 unspecified atom stereocenters. The van der Waals surface area contributed by atoms with E-state index in [2.05, 4.69) is 38.1 Å². The molecule has 4 rings (SSSR count). The van der Waals surface area contributed by atoms with Crippen molar-refractivity contribution >= 4 is 40.3 Å². The fourth-order valence-electron chi connectivity index (χ4n) is 3.33. The summed E-state index contributed by atoms with van der Waals surface area (Å²) in [6, 6.07) is 18.3. The van der Waals surface area contributed by atoms with Crippen molar-refractivity contribution in [3.05, 3.63) is 76.8 Å². The van der Waals surface area contributed by atoms with Gasteiger partial charge in [-0.15, -0.1) is 0 Å². The van der Waals surface area contributed by atoms with Crippen LogP contribution in [-0.2, 0) is 4.79 Å². The first kappa shape index (κ1) is 20.6. The highest BCUT2D eigenvalue weighted by Crippen LogP contribution is 2.36. The lowest BCUT2D eigenvalue weighted by molar-refractivity contribution is -0.123. The Labute approximate surface area is 186 Å². The van der Waals surface area contributed by atoms with Crippen molar-refractivity contribution in [2.45, 2.75) is 33.2 Å². The Balaban J connectivity index is 1.79. The molecule has 0 spiro atoms. The Bertz CT molecular complexity index is 1120. The highest BCUT2D eigenvalue weighted by atomic mass is 32.2. The second-order valence-corrected chi connectivity index (χ2v) is 9.06. The van der Waals surface area contributed by atoms with Gasteiger partial charge < -0.3 is 0 Å². The molecule has 3 aromatic rings. The first-order chi connectivity index (χ1) is 14.5. The van der Waals surface area contributed by atoms with E-state index in [0.29, 0.717) is 9.23 Å². The molecule has 6 heteroatoms. The van der Waals surface area contributed by atoms with Crippen molar-refractivity contribution in [1.29, 1.82) is 0 Å². The minimum atomic E-state index is -0.0262. The largest absolute Gasteiger partial charge is 0.290 e. The van der Waals surface area contributed by atoms with Gasteiger partial charge in [-0.05, 0) is 38.5 Å². The maximum Gasteiger partial charge on any atom is 0.266 e. The van der Waals surface area contributed by atoms with E-state index >= 15 is 0 Å². The van der Waals surface area contributed by atoms with Gasteiger partial charge in [0.2, 0.25) is 0 Å². The molecule has 1 saturated heterocycles. The molecule has 30 heavy (non-hydrogen) atoms. The van der Waals surface area contributed by atoms with Crippen molar-refractivity contribution < 1.29 is 4.79 Å². The van der Waals surface area contributed by atoms with Crippen LogP contribution >= 0.6 is 24.0 Å². The third-order valence-corrected chi connectivity index (χ3v) is 6.56. The summed E-state index contributed by atoms with van der Waals surface area (Å²) in [4.78, 5) is 15.4. The predicted molar refractivity (Wildman–Crippen MR) is 129 cm³/mol.